The number of nitrogens with zero attached hydrogens (tertiary/aromatic N) is 3. The van der Waals surface area contributed by atoms with Crippen LogP contribution in [0.3, 0.4) is 0 Å². The summed E-state index contributed by atoms with van der Waals surface area (Å²) in [5, 5.41) is 4.93. The van der Waals surface area contributed by atoms with Crippen LogP contribution in [-0.2, 0) is 6.67 Å². The lowest BCUT2D eigenvalue weighted by Crippen LogP contribution is -2.15. The van der Waals surface area contributed by atoms with Crippen LogP contribution in [0.2, 0.25) is 0 Å². The van der Waals surface area contributed by atoms with Crippen molar-refractivity contribution in [1.82, 2.24) is 14.5 Å². The van der Waals surface area contributed by atoms with Crippen LogP contribution in [0.15, 0.2) is 121 Å². The fourth-order valence-corrected chi connectivity index (χ4v) is 5.47. The summed E-state index contributed by atoms with van der Waals surface area (Å²) < 4.78 is 2.20. The lowest BCUT2D eigenvalue weighted by atomic mass is 9.89. The van der Waals surface area contributed by atoms with Crippen LogP contribution in [0.4, 0.5) is 0 Å². The molecule has 0 bridgehead atoms. The van der Waals surface area contributed by atoms with Gasteiger partial charge in [-0.3, -0.25) is 0 Å². The number of nitrogens with one attached hydrogen (secondary N) is 1. The Bertz CT molecular complexity index is 1860. The second-order valence-corrected chi connectivity index (χ2v) is 9.50. The summed E-state index contributed by atoms with van der Waals surface area (Å²) in [6, 6.07) is 32.1. The van der Waals surface area contributed by atoms with Crippen molar-refractivity contribution >= 4 is 43.9 Å². The minimum absolute atomic E-state index is 0.500. The number of para-hydroxylation sites is 1. The lowest BCUT2D eigenvalue weighted by Gasteiger charge is -2.16. The van der Waals surface area contributed by atoms with Crippen LogP contribution in [0, 0.1) is 0 Å². The summed E-state index contributed by atoms with van der Waals surface area (Å²) in [6.07, 6.45) is 10.3. The first-order valence-corrected chi connectivity index (χ1v) is 12.7. The van der Waals surface area contributed by atoms with Crippen molar-refractivity contribution < 1.29 is 0 Å². The molecule has 4 nitrogen and oxygen atoms in total. The quantitative estimate of drug-likeness (QED) is 0.280. The Kier molecular flexibility index (Phi) is 5.29. The predicted molar refractivity (Wildman–Crippen MR) is 153 cm³/mol. The maximum Gasteiger partial charge on any atom is 0.142 e. The Balaban J connectivity index is 1.25. The van der Waals surface area contributed by atoms with Gasteiger partial charge in [0.25, 0.3) is 0 Å². The van der Waals surface area contributed by atoms with Crippen molar-refractivity contribution in [3.63, 3.8) is 0 Å². The van der Waals surface area contributed by atoms with Gasteiger partial charge in [0.2, 0.25) is 0 Å². The Labute approximate surface area is 215 Å². The molecular formula is C33H26N4. The van der Waals surface area contributed by atoms with Gasteiger partial charge in [0.15, 0.2) is 0 Å². The second-order valence-electron chi connectivity index (χ2n) is 9.50. The van der Waals surface area contributed by atoms with E-state index < -0.39 is 0 Å². The van der Waals surface area contributed by atoms with Gasteiger partial charge in [-0.2, -0.15) is 0 Å². The van der Waals surface area contributed by atoms with Gasteiger partial charge >= 0.3 is 0 Å². The zero-order valence-electron chi connectivity index (χ0n) is 20.4. The summed E-state index contributed by atoms with van der Waals surface area (Å²) in [6.45, 7) is 0.500. The van der Waals surface area contributed by atoms with E-state index in [9.17, 15) is 0 Å². The average Bonchev–Trinajstić information content (AvgIpc) is 3.30. The van der Waals surface area contributed by atoms with E-state index in [0.717, 1.165) is 40.4 Å². The van der Waals surface area contributed by atoms with E-state index in [2.05, 4.69) is 112 Å². The van der Waals surface area contributed by atoms with Crippen LogP contribution in [0.5, 0.6) is 0 Å². The molecule has 3 heterocycles. The molecule has 6 aromatic rings. The molecule has 3 aromatic heterocycles. The zero-order chi connectivity index (χ0) is 24.6. The van der Waals surface area contributed by atoms with Gasteiger partial charge in [0, 0.05) is 28.7 Å². The molecule has 0 spiro atoms. The van der Waals surface area contributed by atoms with E-state index in [1.54, 1.807) is 0 Å². The monoisotopic (exact) mass is 478 g/mol. The molecule has 0 saturated heterocycles. The summed E-state index contributed by atoms with van der Waals surface area (Å²) in [7, 11) is 0. The summed E-state index contributed by atoms with van der Waals surface area (Å²) in [4.78, 5) is 13.1. The molecule has 0 aliphatic heterocycles. The topological polar surface area (TPSA) is 46.0 Å². The van der Waals surface area contributed by atoms with E-state index in [-0.39, 0.29) is 0 Å². The van der Waals surface area contributed by atoms with E-state index in [1.807, 2.05) is 18.5 Å². The van der Waals surface area contributed by atoms with Gasteiger partial charge in [0.1, 0.15) is 17.8 Å². The van der Waals surface area contributed by atoms with Crippen LogP contribution in [-0.4, -0.2) is 14.5 Å². The number of rotatable bonds is 4. The molecule has 4 heteroatoms. The molecule has 1 N–H and O–H groups in total. The van der Waals surface area contributed by atoms with Crippen molar-refractivity contribution in [2.45, 2.75) is 19.5 Å². The molecule has 0 amide bonds. The van der Waals surface area contributed by atoms with Gasteiger partial charge in [-0.05, 0) is 76.7 Å². The maximum absolute atomic E-state index is 5.04. The first-order valence-electron chi connectivity index (χ1n) is 12.7. The number of fused-ring (bicyclic) bond motifs is 4. The SMILES string of the molecule is C1=C(c2ccc3ccccc3c2)CCC(c2ccc[nH]/c2=N\Cn2c3ccccc3c3cccnc32)=C1. The predicted octanol–water partition coefficient (Wildman–Crippen LogP) is 7.49. The number of H-pyrrole nitrogens is 1. The second kappa shape index (κ2) is 9.07. The average molecular weight is 479 g/mol. The molecule has 0 atom stereocenters. The summed E-state index contributed by atoms with van der Waals surface area (Å²) in [5.74, 6) is 0. The third-order valence-electron chi connectivity index (χ3n) is 7.35. The number of pyridine rings is 2. The summed E-state index contributed by atoms with van der Waals surface area (Å²) in [5.41, 5.74) is 8.16. The molecule has 0 unspecified atom stereocenters. The van der Waals surface area contributed by atoms with Crippen molar-refractivity contribution in [1.29, 1.82) is 0 Å². The van der Waals surface area contributed by atoms with E-state index >= 15 is 0 Å². The van der Waals surface area contributed by atoms with Crippen molar-refractivity contribution in [3.05, 3.63) is 132 Å². The van der Waals surface area contributed by atoms with Crippen LogP contribution < -0.4 is 5.49 Å². The Morgan fingerprint density at radius 1 is 0.757 bits per heavy atom. The van der Waals surface area contributed by atoms with Gasteiger partial charge in [0.05, 0.1) is 5.52 Å². The molecular weight excluding hydrogens is 452 g/mol. The number of aromatic nitrogens is 3. The van der Waals surface area contributed by atoms with Crippen LogP contribution in [0.25, 0.3) is 43.9 Å². The normalized spacial score (nSPS) is 14.3. The molecule has 0 radical (unpaired) electrons. The van der Waals surface area contributed by atoms with Crippen molar-refractivity contribution in [2.24, 2.45) is 4.99 Å². The van der Waals surface area contributed by atoms with Crippen molar-refractivity contribution in [3.8, 4) is 0 Å². The number of allylic oxidation sites excluding steroid dienone is 4. The first-order chi connectivity index (χ1) is 18.3. The third-order valence-corrected chi connectivity index (χ3v) is 7.35. The highest BCUT2D eigenvalue weighted by Crippen LogP contribution is 2.32. The first kappa shape index (κ1) is 21.6. The number of benzene rings is 3. The molecule has 3 aromatic carbocycles. The Morgan fingerprint density at radius 2 is 1.57 bits per heavy atom. The van der Waals surface area contributed by atoms with Crippen LogP contribution >= 0.6 is 0 Å². The van der Waals surface area contributed by atoms with Crippen LogP contribution in [0.1, 0.15) is 24.0 Å². The van der Waals surface area contributed by atoms with E-state index in [4.69, 9.17) is 4.99 Å². The Hall–Kier alpha value is -4.70. The minimum atomic E-state index is 0.500. The minimum Gasteiger partial charge on any atom is -0.346 e. The number of hydrogen-bond donors (Lipinski definition) is 1. The smallest absolute Gasteiger partial charge is 0.142 e. The fraction of sp³-hybridized carbons (Fsp3) is 0.0909. The molecule has 37 heavy (non-hydrogen) atoms. The largest absolute Gasteiger partial charge is 0.346 e. The highest BCUT2D eigenvalue weighted by molar-refractivity contribution is 6.06. The molecule has 1 aliphatic rings. The molecule has 0 fully saturated rings. The van der Waals surface area contributed by atoms with Gasteiger partial charge in [-0.15, -0.1) is 0 Å². The highest BCUT2D eigenvalue weighted by Gasteiger charge is 2.13. The molecule has 0 saturated carbocycles. The lowest BCUT2D eigenvalue weighted by molar-refractivity contribution is 0.750. The van der Waals surface area contributed by atoms with Gasteiger partial charge in [-0.1, -0.05) is 66.7 Å². The molecule has 7 rings (SSSR count). The molecule has 178 valence electrons. The summed E-state index contributed by atoms with van der Waals surface area (Å²) >= 11 is 0. The van der Waals surface area contributed by atoms with E-state index in [1.165, 1.54) is 32.9 Å². The molecule has 1 aliphatic carbocycles. The van der Waals surface area contributed by atoms with Gasteiger partial charge < -0.3 is 9.55 Å². The third kappa shape index (κ3) is 3.87. The Morgan fingerprint density at radius 3 is 2.49 bits per heavy atom. The standard InChI is InChI=1S/C33H26N4/c1-2-8-26-21-27(18-15-23(26)7-1)24-13-16-25(17-14-24)28-10-5-19-34-32(28)36-22-37-31-12-4-3-9-29(31)30-11-6-20-35-33(30)37/h1-13,15-16,18-21H,14,17,22H2,(H,34,36). The maximum atomic E-state index is 5.04. The van der Waals surface area contributed by atoms with Gasteiger partial charge in [-0.25, -0.2) is 9.98 Å². The fourth-order valence-electron chi connectivity index (χ4n) is 5.47. The highest BCUT2D eigenvalue weighted by atomic mass is 15.1. The van der Waals surface area contributed by atoms with Crippen molar-refractivity contribution in [2.75, 3.05) is 0 Å². The number of hydrogen-bond acceptors (Lipinski definition) is 2. The van der Waals surface area contributed by atoms with E-state index in [0.29, 0.717) is 6.67 Å². The number of aromatic amines is 1. The zero-order valence-corrected chi connectivity index (χ0v) is 20.4.